The van der Waals surface area contributed by atoms with Crippen LogP contribution in [-0.4, -0.2) is 24.7 Å². The summed E-state index contributed by atoms with van der Waals surface area (Å²) in [6.07, 6.45) is -4.35. The second kappa shape index (κ2) is 5.38. The Balaban J connectivity index is 2.44. The fraction of sp³-hybridized carbons (Fsp3) is 0.462. The second-order valence-electron chi connectivity index (χ2n) is 5.19. The molecule has 0 aliphatic carbocycles. The van der Waals surface area contributed by atoms with Crippen LogP contribution < -0.4 is 16.0 Å². The second-order valence-corrected chi connectivity index (χ2v) is 5.60. The molecule has 0 fully saturated rings. The highest BCUT2D eigenvalue weighted by Crippen LogP contribution is 2.39. The van der Waals surface area contributed by atoms with Crippen LogP contribution in [0.2, 0.25) is 5.02 Å². The Morgan fingerprint density at radius 3 is 2.57 bits per heavy atom. The predicted octanol–water partition coefficient (Wildman–Crippen LogP) is 3.07. The van der Waals surface area contributed by atoms with E-state index in [1.807, 2.05) is 0 Å². The fourth-order valence-corrected chi connectivity index (χ4v) is 2.53. The van der Waals surface area contributed by atoms with Crippen LogP contribution in [0.3, 0.4) is 0 Å². The molecular weight excluding hydrogens is 307 g/mol. The van der Waals surface area contributed by atoms with Gasteiger partial charge in [0.1, 0.15) is 12.6 Å². The zero-order valence-electron chi connectivity index (χ0n) is 11.5. The summed E-state index contributed by atoms with van der Waals surface area (Å²) < 4.78 is 38.1. The SMILES string of the molecule is CC(C)N(CC(F)(F)F)c1cc2c(cc1Cl)C(N)C(=O)N2. The molecule has 0 spiro atoms. The van der Waals surface area contributed by atoms with Gasteiger partial charge in [-0.3, -0.25) is 4.79 Å². The Kier molecular flexibility index (Phi) is 4.08. The molecule has 0 aromatic heterocycles. The number of nitrogens with zero attached hydrogens (tertiary/aromatic N) is 1. The normalized spacial score (nSPS) is 17.9. The molecule has 1 amide bonds. The summed E-state index contributed by atoms with van der Waals surface area (Å²) in [6.45, 7) is 2.16. The smallest absolute Gasteiger partial charge is 0.359 e. The number of anilines is 2. The minimum absolute atomic E-state index is 0.138. The number of carbonyl (C=O) groups is 1. The van der Waals surface area contributed by atoms with Crippen molar-refractivity contribution in [3.8, 4) is 0 Å². The third kappa shape index (κ3) is 3.24. The Morgan fingerprint density at radius 1 is 1.43 bits per heavy atom. The van der Waals surface area contributed by atoms with E-state index >= 15 is 0 Å². The summed E-state index contributed by atoms with van der Waals surface area (Å²) in [7, 11) is 0. The number of nitrogens with one attached hydrogen (secondary N) is 1. The highest BCUT2D eigenvalue weighted by molar-refractivity contribution is 6.33. The molecule has 1 unspecified atom stereocenters. The van der Waals surface area contributed by atoms with E-state index < -0.39 is 30.7 Å². The molecule has 116 valence electrons. The lowest BCUT2D eigenvalue weighted by atomic mass is 10.1. The summed E-state index contributed by atoms with van der Waals surface area (Å²) in [6, 6.07) is 1.63. The Hall–Kier alpha value is -1.47. The number of rotatable bonds is 3. The summed E-state index contributed by atoms with van der Waals surface area (Å²) >= 11 is 6.08. The van der Waals surface area contributed by atoms with Crippen molar-refractivity contribution in [2.24, 2.45) is 5.73 Å². The van der Waals surface area contributed by atoms with Crippen LogP contribution in [0, 0.1) is 0 Å². The van der Waals surface area contributed by atoms with Gasteiger partial charge >= 0.3 is 6.18 Å². The number of amides is 1. The van der Waals surface area contributed by atoms with Gasteiger partial charge in [0.2, 0.25) is 5.91 Å². The summed E-state index contributed by atoms with van der Waals surface area (Å²) in [4.78, 5) is 12.7. The lowest BCUT2D eigenvalue weighted by molar-refractivity contribution is -0.120. The Labute approximate surface area is 125 Å². The standard InChI is InChI=1S/C13H15ClF3N3O/c1-6(2)20(5-13(15,16)17)10-4-9-7(3-8(10)14)11(18)12(21)19-9/h3-4,6,11H,5,18H2,1-2H3,(H,19,21). The first-order valence-electron chi connectivity index (χ1n) is 6.33. The van der Waals surface area contributed by atoms with Crippen LogP contribution in [0.5, 0.6) is 0 Å². The maximum atomic E-state index is 12.7. The first kappa shape index (κ1) is 15.9. The average molecular weight is 322 g/mol. The number of benzene rings is 1. The molecule has 1 aromatic carbocycles. The first-order chi connectivity index (χ1) is 9.60. The topological polar surface area (TPSA) is 58.4 Å². The van der Waals surface area contributed by atoms with Crippen LogP contribution in [0.4, 0.5) is 24.5 Å². The lowest BCUT2D eigenvalue weighted by Gasteiger charge is -2.31. The molecule has 1 aliphatic heterocycles. The quantitative estimate of drug-likeness (QED) is 0.899. The Bertz CT molecular complexity index is 575. The van der Waals surface area contributed by atoms with Crippen molar-refractivity contribution in [3.63, 3.8) is 0 Å². The van der Waals surface area contributed by atoms with E-state index in [1.54, 1.807) is 13.8 Å². The number of nitrogens with two attached hydrogens (primary N) is 1. The van der Waals surface area contributed by atoms with Gasteiger partial charge in [0, 0.05) is 17.3 Å². The maximum Gasteiger partial charge on any atom is 0.405 e. The highest BCUT2D eigenvalue weighted by Gasteiger charge is 2.34. The van der Waals surface area contributed by atoms with E-state index in [1.165, 1.54) is 12.1 Å². The molecule has 2 rings (SSSR count). The molecule has 8 heteroatoms. The molecule has 1 aromatic rings. The third-order valence-corrected chi connectivity index (χ3v) is 3.58. The molecule has 1 heterocycles. The predicted molar refractivity (Wildman–Crippen MR) is 75.5 cm³/mol. The number of alkyl halides is 3. The number of hydrogen-bond donors (Lipinski definition) is 2. The highest BCUT2D eigenvalue weighted by atomic mass is 35.5. The molecule has 1 aliphatic rings. The Morgan fingerprint density at radius 2 is 2.05 bits per heavy atom. The molecule has 0 saturated heterocycles. The zero-order valence-corrected chi connectivity index (χ0v) is 12.2. The van der Waals surface area contributed by atoms with Gasteiger partial charge in [-0.1, -0.05) is 11.6 Å². The van der Waals surface area contributed by atoms with Crippen molar-refractivity contribution in [2.45, 2.75) is 32.1 Å². The van der Waals surface area contributed by atoms with Crippen molar-refractivity contribution in [1.82, 2.24) is 0 Å². The number of fused-ring (bicyclic) bond motifs is 1. The van der Waals surface area contributed by atoms with Crippen LogP contribution in [-0.2, 0) is 4.79 Å². The fourth-order valence-electron chi connectivity index (χ4n) is 2.25. The van der Waals surface area contributed by atoms with Crippen LogP contribution in [0.25, 0.3) is 0 Å². The van der Waals surface area contributed by atoms with Gasteiger partial charge in [-0.25, -0.2) is 0 Å². The largest absolute Gasteiger partial charge is 0.405 e. The molecule has 0 saturated carbocycles. The van der Waals surface area contributed by atoms with Gasteiger partial charge in [-0.15, -0.1) is 0 Å². The first-order valence-corrected chi connectivity index (χ1v) is 6.71. The van der Waals surface area contributed by atoms with Crippen molar-refractivity contribution >= 4 is 28.9 Å². The molecule has 0 radical (unpaired) electrons. The van der Waals surface area contributed by atoms with Crippen molar-refractivity contribution in [1.29, 1.82) is 0 Å². The van der Waals surface area contributed by atoms with Gasteiger partial charge < -0.3 is 16.0 Å². The number of hydrogen-bond acceptors (Lipinski definition) is 3. The molecule has 3 N–H and O–H groups in total. The molecule has 21 heavy (non-hydrogen) atoms. The van der Waals surface area contributed by atoms with Gasteiger partial charge in [0.05, 0.1) is 10.7 Å². The molecule has 0 bridgehead atoms. The lowest BCUT2D eigenvalue weighted by Crippen LogP contribution is -2.39. The zero-order chi connectivity index (χ0) is 15.9. The minimum atomic E-state index is -4.35. The summed E-state index contributed by atoms with van der Waals surface area (Å²) in [5.41, 5.74) is 6.79. The number of halogens is 4. The number of carbonyl (C=O) groups excluding carboxylic acids is 1. The van der Waals surface area contributed by atoms with Crippen molar-refractivity contribution in [2.75, 3.05) is 16.8 Å². The van der Waals surface area contributed by atoms with Gasteiger partial charge in [0.25, 0.3) is 0 Å². The summed E-state index contributed by atoms with van der Waals surface area (Å²) in [5.74, 6) is -0.398. The van der Waals surface area contributed by atoms with Crippen molar-refractivity contribution in [3.05, 3.63) is 22.7 Å². The van der Waals surface area contributed by atoms with Gasteiger partial charge in [0.15, 0.2) is 0 Å². The van der Waals surface area contributed by atoms with E-state index in [-0.39, 0.29) is 10.7 Å². The van der Waals surface area contributed by atoms with Gasteiger partial charge in [-0.05, 0) is 26.0 Å². The minimum Gasteiger partial charge on any atom is -0.359 e. The molecule has 1 atom stereocenters. The maximum absolute atomic E-state index is 12.7. The van der Waals surface area contributed by atoms with E-state index in [0.29, 0.717) is 11.3 Å². The molecular formula is C13H15ClF3N3O. The van der Waals surface area contributed by atoms with Crippen LogP contribution in [0.1, 0.15) is 25.5 Å². The van der Waals surface area contributed by atoms with E-state index in [0.717, 1.165) is 4.90 Å². The van der Waals surface area contributed by atoms with Crippen LogP contribution >= 0.6 is 11.6 Å². The van der Waals surface area contributed by atoms with Crippen molar-refractivity contribution < 1.29 is 18.0 Å². The summed E-state index contributed by atoms with van der Waals surface area (Å²) in [5, 5.41) is 2.68. The monoisotopic (exact) mass is 321 g/mol. The van der Waals surface area contributed by atoms with E-state index in [9.17, 15) is 18.0 Å². The average Bonchev–Trinajstić information content (AvgIpc) is 2.61. The third-order valence-electron chi connectivity index (χ3n) is 3.28. The van der Waals surface area contributed by atoms with E-state index in [4.69, 9.17) is 17.3 Å². The molecule has 4 nitrogen and oxygen atoms in total. The van der Waals surface area contributed by atoms with Crippen LogP contribution in [0.15, 0.2) is 12.1 Å². The van der Waals surface area contributed by atoms with E-state index in [2.05, 4.69) is 5.32 Å². The van der Waals surface area contributed by atoms with Gasteiger partial charge in [-0.2, -0.15) is 13.2 Å².